The Morgan fingerprint density at radius 2 is 0.760 bits per heavy atom. The molecule has 4 nitrogen and oxygen atoms in total. The van der Waals surface area contributed by atoms with E-state index in [1.165, 1.54) is 0 Å². The van der Waals surface area contributed by atoms with E-state index in [9.17, 15) is 0 Å². The monoisotopic (exact) mass is 505 g/mol. The van der Waals surface area contributed by atoms with E-state index in [4.69, 9.17) is 0 Å². The summed E-state index contributed by atoms with van der Waals surface area (Å²) in [5.74, 6) is 0. The van der Waals surface area contributed by atoms with Crippen molar-refractivity contribution in [1.29, 1.82) is 0 Å². The summed E-state index contributed by atoms with van der Waals surface area (Å²) in [4.78, 5) is 16.0. The minimum Gasteiger partial charge on any atom is -0.355 e. The van der Waals surface area contributed by atoms with E-state index in [0.29, 0.717) is 0 Å². The average molecular weight is 505 g/mol. The van der Waals surface area contributed by atoms with Crippen LogP contribution >= 0.6 is 0 Å². The second-order valence-electron chi connectivity index (χ2n) is 5.91. The molecular formula is C20H14N4Pt+2. The smallest absolute Gasteiger partial charge is 0.355 e. The van der Waals surface area contributed by atoms with Gasteiger partial charge < -0.3 is 9.97 Å². The van der Waals surface area contributed by atoms with Crippen LogP contribution in [-0.4, -0.2) is 19.9 Å². The predicted molar refractivity (Wildman–Crippen MR) is 98.9 cm³/mol. The number of nitrogens with zero attached hydrogens (tertiary/aromatic N) is 2. The molecule has 0 aromatic carbocycles. The zero-order chi connectivity index (χ0) is 15.9. The molecule has 3 aromatic rings. The minimum absolute atomic E-state index is 0. The van der Waals surface area contributed by atoms with Gasteiger partial charge in [-0.1, -0.05) is 0 Å². The first-order valence-corrected chi connectivity index (χ1v) is 7.85. The van der Waals surface area contributed by atoms with Gasteiger partial charge in [0.15, 0.2) is 0 Å². The van der Waals surface area contributed by atoms with Gasteiger partial charge >= 0.3 is 21.1 Å². The summed E-state index contributed by atoms with van der Waals surface area (Å²) in [6.45, 7) is 0. The number of aromatic nitrogens is 4. The SMILES string of the molecule is C1=Cc2cc3ccc(cc4nc(cc5ccc(cc1n2)[nH]5)C=C4)[nH]3.[Pt+2]. The molecule has 0 aliphatic carbocycles. The van der Waals surface area contributed by atoms with Crippen LogP contribution in [0.1, 0.15) is 22.8 Å². The standard InChI is InChI=1S/C20H14N4.Pt/c1-2-14-10-16-5-6-18(23-16)12-20-8-7-19(24-20)11-17-4-3-15(22-17)9-13(1)21-14;/h1-12,21,24H;/q;+2. The molecule has 0 atom stereocenters. The van der Waals surface area contributed by atoms with E-state index in [1.807, 2.05) is 48.6 Å². The van der Waals surface area contributed by atoms with Gasteiger partial charge in [-0.25, -0.2) is 9.97 Å². The Morgan fingerprint density at radius 1 is 0.480 bits per heavy atom. The fourth-order valence-corrected chi connectivity index (χ4v) is 2.94. The molecular weight excluding hydrogens is 491 g/mol. The van der Waals surface area contributed by atoms with E-state index in [1.54, 1.807) is 0 Å². The van der Waals surface area contributed by atoms with Crippen molar-refractivity contribution in [3.8, 4) is 0 Å². The normalized spacial score (nSPS) is 12.2. The van der Waals surface area contributed by atoms with Crippen LogP contribution in [0.4, 0.5) is 0 Å². The Hall–Kier alpha value is -2.71. The maximum absolute atomic E-state index is 4.63. The number of nitrogens with one attached hydrogen (secondary N) is 2. The van der Waals surface area contributed by atoms with Crippen molar-refractivity contribution < 1.29 is 21.1 Å². The van der Waals surface area contributed by atoms with Crippen LogP contribution in [0.15, 0.2) is 48.5 Å². The van der Waals surface area contributed by atoms with Gasteiger partial charge in [0.2, 0.25) is 0 Å². The first kappa shape index (κ1) is 15.8. The second kappa shape index (κ2) is 6.30. The van der Waals surface area contributed by atoms with Crippen molar-refractivity contribution in [2.45, 2.75) is 0 Å². The van der Waals surface area contributed by atoms with E-state index in [-0.39, 0.29) is 21.1 Å². The molecule has 5 rings (SSSR count). The van der Waals surface area contributed by atoms with E-state index in [2.05, 4.69) is 44.2 Å². The molecule has 122 valence electrons. The van der Waals surface area contributed by atoms with Crippen LogP contribution in [0.3, 0.4) is 0 Å². The number of H-pyrrole nitrogens is 2. The van der Waals surface area contributed by atoms with Crippen LogP contribution in [0, 0.1) is 0 Å². The van der Waals surface area contributed by atoms with E-state index >= 15 is 0 Å². The third kappa shape index (κ3) is 3.26. The van der Waals surface area contributed by atoms with Gasteiger partial charge in [-0.2, -0.15) is 0 Å². The molecule has 2 aliphatic rings. The average Bonchev–Trinajstić information content (AvgIpc) is 3.32. The maximum atomic E-state index is 4.63. The van der Waals surface area contributed by atoms with Gasteiger partial charge in [0, 0.05) is 22.1 Å². The quantitative estimate of drug-likeness (QED) is 0.322. The van der Waals surface area contributed by atoms with Crippen LogP contribution in [0.25, 0.3) is 46.4 Å². The fraction of sp³-hybridized carbons (Fsp3) is 0. The topological polar surface area (TPSA) is 57.4 Å². The molecule has 8 bridgehead atoms. The van der Waals surface area contributed by atoms with Crippen molar-refractivity contribution in [1.82, 2.24) is 19.9 Å². The number of fused-ring (bicyclic) bond motifs is 8. The molecule has 0 radical (unpaired) electrons. The van der Waals surface area contributed by atoms with Crippen LogP contribution in [-0.2, 0) is 21.1 Å². The van der Waals surface area contributed by atoms with E-state index < -0.39 is 0 Å². The Balaban J connectivity index is 0.00000157. The van der Waals surface area contributed by atoms with Crippen LogP contribution in [0.5, 0.6) is 0 Å². The molecule has 0 amide bonds. The molecule has 2 N–H and O–H groups in total. The summed E-state index contributed by atoms with van der Waals surface area (Å²) in [7, 11) is 0. The first-order chi connectivity index (χ1) is 11.8. The number of aromatic amines is 2. The van der Waals surface area contributed by atoms with Gasteiger partial charge in [-0.05, 0) is 72.8 Å². The molecule has 2 aliphatic heterocycles. The molecule has 25 heavy (non-hydrogen) atoms. The van der Waals surface area contributed by atoms with Crippen molar-refractivity contribution >= 4 is 46.4 Å². The Labute approximate surface area is 158 Å². The zero-order valence-corrected chi connectivity index (χ0v) is 15.4. The van der Waals surface area contributed by atoms with Crippen molar-refractivity contribution in [3.63, 3.8) is 0 Å². The number of hydrogen-bond acceptors (Lipinski definition) is 2. The van der Waals surface area contributed by atoms with Crippen molar-refractivity contribution in [3.05, 3.63) is 71.3 Å². The fourth-order valence-electron chi connectivity index (χ4n) is 2.94. The third-order valence-corrected chi connectivity index (χ3v) is 4.04. The Kier molecular flexibility index (Phi) is 3.98. The third-order valence-electron chi connectivity index (χ3n) is 4.04. The van der Waals surface area contributed by atoms with Crippen molar-refractivity contribution in [2.75, 3.05) is 0 Å². The van der Waals surface area contributed by atoms with E-state index in [0.717, 1.165) is 44.8 Å². The number of hydrogen-bond donors (Lipinski definition) is 2. The largest absolute Gasteiger partial charge is 2.00 e. The van der Waals surface area contributed by atoms with Crippen LogP contribution in [0.2, 0.25) is 0 Å². The minimum atomic E-state index is 0. The molecule has 0 saturated carbocycles. The maximum Gasteiger partial charge on any atom is 2.00 e. The molecule has 5 heterocycles. The Bertz CT molecular complexity index is 990. The summed E-state index contributed by atoms with van der Waals surface area (Å²) < 4.78 is 0. The van der Waals surface area contributed by atoms with Gasteiger partial charge in [0.1, 0.15) is 0 Å². The molecule has 0 fully saturated rings. The predicted octanol–water partition coefficient (Wildman–Crippen LogP) is 4.65. The summed E-state index contributed by atoms with van der Waals surface area (Å²) >= 11 is 0. The summed E-state index contributed by atoms with van der Waals surface area (Å²) in [5.41, 5.74) is 7.86. The first-order valence-electron chi connectivity index (χ1n) is 7.85. The van der Waals surface area contributed by atoms with Crippen LogP contribution < -0.4 is 0 Å². The molecule has 0 spiro atoms. The summed E-state index contributed by atoms with van der Waals surface area (Å²) in [5, 5.41) is 0. The van der Waals surface area contributed by atoms with Gasteiger partial charge in [0.05, 0.1) is 22.8 Å². The summed E-state index contributed by atoms with van der Waals surface area (Å²) in [6.07, 6.45) is 8.09. The Morgan fingerprint density at radius 3 is 1.04 bits per heavy atom. The zero-order valence-electron chi connectivity index (χ0n) is 13.1. The summed E-state index contributed by atoms with van der Waals surface area (Å²) in [6, 6.07) is 16.4. The van der Waals surface area contributed by atoms with Gasteiger partial charge in [-0.15, -0.1) is 0 Å². The second-order valence-corrected chi connectivity index (χ2v) is 5.91. The molecule has 3 aromatic heterocycles. The molecule has 0 unspecified atom stereocenters. The van der Waals surface area contributed by atoms with Crippen molar-refractivity contribution in [2.24, 2.45) is 0 Å². The van der Waals surface area contributed by atoms with Gasteiger partial charge in [0.25, 0.3) is 0 Å². The molecule has 5 heteroatoms. The van der Waals surface area contributed by atoms with Gasteiger partial charge in [-0.3, -0.25) is 0 Å². The number of rotatable bonds is 0. The molecule has 0 saturated heterocycles.